The van der Waals surface area contributed by atoms with Gasteiger partial charge in [-0.25, -0.2) is 13.6 Å². The van der Waals surface area contributed by atoms with Crippen LogP contribution in [0.3, 0.4) is 0 Å². The lowest BCUT2D eigenvalue weighted by Gasteiger charge is -2.23. The van der Waals surface area contributed by atoms with Crippen LogP contribution in [0.1, 0.15) is 18.1 Å². The molecular formula is C19H16ClF2N3O3. The van der Waals surface area contributed by atoms with E-state index in [-0.39, 0.29) is 22.7 Å². The first-order valence-corrected chi connectivity index (χ1v) is 8.70. The summed E-state index contributed by atoms with van der Waals surface area (Å²) in [5.41, 5.74) is -1.05. The summed E-state index contributed by atoms with van der Waals surface area (Å²) in [6.45, 7) is 0.785. The fourth-order valence-corrected chi connectivity index (χ4v) is 3.31. The molecule has 1 saturated heterocycles. The van der Waals surface area contributed by atoms with E-state index in [2.05, 4.69) is 10.6 Å². The van der Waals surface area contributed by atoms with Gasteiger partial charge in [0.05, 0.1) is 0 Å². The third-order valence-corrected chi connectivity index (χ3v) is 4.79. The van der Waals surface area contributed by atoms with Gasteiger partial charge in [-0.2, -0.15) is 0 Å². The molecule has 0 radical (unpaired) electrons. The molecule has 2 N–H and O–H groups in total. The largest absolute Gasteiger partial charge is 0.350 e. The Hall–Kier alpha value is -3.00. The minimum Gasteiger partial charge on any atom is -0.350 e. The topological polar surface area (TPSA) is 78.5 Å². The van der Waals surface area contributed by atoms with Crippen molar-refractivity contribution in [2.75, 3.05) is 6.54 Å². The van der Waals surface area contributed by atoms with Crippen molar-refractivity contribution in [2.45, 2.75) is 19.0 Å². The van der Waals surface area contributed by atoms with Gasteiger partial charge in [0.25, 0.3) is 5.91 Å². The Kier molecular flexibility index (Phi) is 5.33. The number of urea groups is 1. The van der Waals surface area contributed by atoms with Crippen LogP contribution in [-0.2, 0) is 21.7 Å². The van der Waals surface area contributed by atoms with Gasteiger partial charge < -0.3 is 10.6 Å². The molecule has 9 heteroatoms. The smallest absolute Gasteiger partial charge is 0.325 e. The van der Waals surface area contributed by atoms with E-state index in [9.17, 15) is 23.2 Å². The highest BCUT2D eigenvalue weighted by Crippen LogP contribution is 2.33. The molecule has 1 fully saturated rings. The number of hydrogen-bond acceptors (Lipinski definition) is 3. The maximum Gasteiger partial charge on any atom is 0.325 e. The standard InChI is InChI=1S/C19H16ClF2N3O3/c1-19(13-7-6-12(21)8-14(13)20)17(27)25(18(28)24-19)10-16(26)23-9-11-4-2-3-5-15(11)22/h2-8H,9-10H2,1H3,(H,23,26)(H,24,28). The number of amides is 4. The van der Waals surface area contributed by atoms with E-state index in [1.54, 1.807) is 6.07 Å². The van der Waals surface area contributed by atoms with Crippen molar-refractivity contribution >= 4 is 29.4 Å². The quantitative estimate of drug-likeness (QED) is 0.748. The SMILES string of the molecule is CC1(c2ccc(F)cc2Cl)NC(=O)N(CC(=O)NCc2ccccc2F)C1=O. The summed E-state index contributed by atoms with van der Waals surface area (Å²) in [5.74, 6) is -2.40. The van der Waals surface area contributed by atoms with Crippen LogP contribution in [0.15, 0.2) is 42.5 Å². The number of carbonyl (C=O) groups excluding carboxylic acids is 3. The molecule has 0 spiro atoms. The van der Waals surface area contributed by atoms with Gasteiger partial charge in [0.15, 0.2) is 0 Å². The molecule has 2 aromatic carbocycles. The fourth-order valence-electron chi connectivity index (χ4n) is 2.95. The molecule has 6 nitrogen and oxygen atoms in total. The summed E-state index contributed by atoms with van der Waals surface area (Å²) in [5, 5.41) is 4.92. The van der Waals surface area contributed by atoms with Crippen LogP contribution in [0.4, 0.5) is 13.6 Å². The zero-order chi connectivity index (χ0) is 20.5. The van der Waals surface area contributed by atoms with Crippen molar-refractivity contribution in [1.82, 2.24) is 15.5 Å². The van der Waals surface area contributed by atoms with Crippen LogP contribution in [0.5, 0.6) is 0 Å². The molecule has 1 aliphatic heterocycles. The van der Waals surface area contributed by atoms with Crippen LogP contribution < -0.4 is 10.6 Å². The van der Waals surface area contributed by atoms with Crippen LogP contribution in [-0.4, -0.2) is 29.3 Å². The Bertz CT molecular complexity index is 969. The van der Waals surface area contributed by atoms with E-state index >= 15 is 0 Å². The predicted octanol–water partition coefficient (Wildman–Crippen LogP) is 2.70. The number of halogens is 3. The first kappa shape index (κ1) is 19.8. The summed E-state index contributed by atoms with van der Waals surface area (Å²) in [4.78, 5) is 37.9. The second-order valence-electron chi connectivity index (χ2n) is 6.44. The van der Waals surface area contributed by atoms with Gasteiger partial charge in [-0.05, 0) is 25.1 Å². The number of imide groups is 1. The first-order valence-electron chi connectivity index (χ1n) is 8.32. The van der Waals surface area contributed by atoms with Crippen molar-refractivity contribution in [3.8, 4) is 0 Å². The molecular weight excluding hydrogens is 392 g/mol. The van der Waals surface area contributed by atoms with Gasteiger partial charge in [0.2, 0.25) is 5.91 Å². The van der Waals surface area contributed by atoms with Crippen molar-refractivity contribution in [3.05, 3.63) is 70.2 Å². The second kappa shape index (κ2) is 7.55. The Balaban J connectivity index is 1.71. The number of benzene rings is 2. The lowest BCUT2D eigenvalue weighted by Crippen LogP contribution is -2.43. The van der Waals surface area contributed by atoms with Gasteiger partial charge in [0, 0.05) is 22.7 Å². The van der Waals surface area contributed by atoms with E-state index in [0.717, 1.165) is 17.0 Å². The summed E-state index contributed by atoms with van der Waals surface area (Å²) in [6.07, 6.45) is 0. The molecule has 0 aromatic heterocycles. The highest BCUT2D eigenvalue weighted by atomic mass is 35.5. The average molecular weight is 408 g/mol. The van der Waals surface area contributed by atoms with E-state index in [1.165, 1.54) is 31.2 Å². The summed E-state index contributed by atoms with van der Waals surface area (Å²) in [6, 6.07) is 8.59. The molecule has 1 aliphatic rings. The van der Waals surface area contributed by atoms with E-state index in [1.807, 2.05) is 0 Å². The number of nitrogens with one attached hydrogen (secondary N) is 2. The molecule has 2 aromatic rings. The van der Waals surface area contributed by atoms with E-state index < -0.39 is 41.6 Å². The average Bonchev–Trinajstić information content (AvgIpc) is 2.84. The summed E-state index contributed by atoms with van der Waals surface area (Å²) >= 11 is 6.02. The van der Waals surface area contributed by atoms with Gasteiger partial charge in [0.1, 0.15) is 23.7 Å². The third-order valence-electron chi connectivity index (χ3n) is 4.48. The van der Waals surface area contributed by atoms with Crippen molar-refractivity contribution in [1.29, 1.82) is 0 Å². The number of nitrogens with zero attached hydrogens (tertiary/aromatic N) is 1. The lowest BCUT2D eigenvalue weighted by molar-refractivity contribution is -0.134. The van der Waals surface area contributed by atoms with Crippen molar-refractivity contribution in [3.63, 3.8) is 0 Å². The Labute approximate surface area is 164 Å². The molecule has 0 aliphatic carbocycles. The van der Waals surface area contributed by atoms with Gasteiger partial charge in [-0.15, -0.1) is 0 Å². The minimum atomic E-state index is -1.53. The van der Waals surface area contributed by atoms with Gasteiger partial charge in [-0.1, -0.05) is 35.9 Å². The minimum absolute atomic E-state index is 0.0259. The van der Waals surface area contributed by atoms with Crippen molar-refractivity contribution < 1.29 is 23.2 Å². The molecule has 3 rings (SSSR count). The normalized spacial score (nSPS) is 18.9. The maximum atomic E-state index is 13.6. The second-order valence-corrected chi connectivity index (χ2v) is 6.85. The zero-order valence-corrected chi connectivity index (χ0v) is 15.5. The van der Waals surface area contributed by atoms with Gasteiger partial charge >= 0.3 is 6.03 Å². The summed E-state index contributed by atoms with van der Waals surface area (Å²) < 4.78 is 26.9. The molecule has 28 heavy (non-hydrogen) atoms. The highest BCUT2D eigenvalue weighted by molar-refractivity contribution is 6.32. The number of rotatable bonds is 5. The Morgan fingerprint density at radius 2 is 1.93 bits per heavy atom. The van der Waals surface area contributed by atoms with E-state index in [0.29, 0.717) is 0 Å². The number of hydrogen-bond donors (Lipinski definition) is 2. The monoisotopic (exact) mass is 407 g/mol. The molecule has 1 heterocycles. The van der Waals surface area contributed by atoms with Gasteiger partial charge in [-0.3, -0.25) is 14.5 Å². The lowest BCUT2D eigenvalue weighted by atomic mass is 9.92. The number of carbonyl (C=O) groups is 3. The first-order chi connectivity index (χ1) is 13.2. The van der Waals surface area contributed by atoms with Crippen LogP contribution >= 0.6 is 11.6 Å². The fraction of sp³-hybridized carbons (Fsp3) is 0.211. The molecule has 146 valence electrons. The van der Waals surface area contributed by atoms with Crippen molar-refractivity contribution in [2.24, 2.45) is 0 Å². The third kappa shape index (κ3) is 3.68. The highest BCUT2D eigenvalue weighted by Gasteiger charge is 2.50. The zero-order valence-electron chi connectivity index (χ0n) is 14.8. The predicted molar refractivity (Wildman–Crippen MR) is 97.3 cm³/mol. The Morgan fingerprint density at radius 3 is 2.61 bits per heavy atom. The molecule has 1 unspecified atom stereocenters. The maximum absolute atomic E-state index is 13.6. The van der Waals surface area contributed by atoms with E-state index in [4.69, 9.17) is 11.6 Å². The molecule has 0 bridgehead atoms. The summed E-state index contributed by atoms with van der Waals surface area (Å²) in [7, 11) is 0. The van der Waals surface area contributed by atoms with Crippen LogP contribution in [0.25, 0.3) is 0 Å². The van der Waals surface area contributed by atoms with Crippen LogP contribution in [0, 0.1) is 11.6 Å². The molecule has 4 amide bonds. The van der Waals surface area contributed by atoms with Crippen LogP contribution in [0.2, 0.25) is 5.02 Å². The molecule has 1 atom stereocenters. The Morgan fingerprint density at radius 1 is 1.21 bits per heavy atom. The molecule has 0 saturated carbocycles.